The van der Waals surface area contributed by atoms with Gasteiger partial charge in [-0.1, -0.05) is 19.1 Å². The third-order valence-corrected chi connectivity index (χ3v) is 6.86. The van der Waals surface area contributed by atoms with E-state index in [4.69, 9.17) is 38.5 Å². The number of hydrogen-bond donors (Lipinski definition) is 0. The van der Waals surface area contributed by atoms with Gasteiger partial charge in [-0.25, -0.2) is 0 Å². The Labute approximate surface area is 110 Å². The van der Waals surface area contributed by atoms with E-state index in [1.165, 1.54) is 0 Å². The highest BCUT2D eigenvalue weighted by atomic mass is 35.8. The fourth-order valence-corrected chi connectivity index (χ4v) is 2.38. The second kappa shape index (κ2) is 5.79. The standard InChI is InChI=1S/C10H10Cl3NOSi/c1-8(16(11,12)13)6-9-2-4-10(5-3-9)15-7-14/h2-5,8H,6H2,1H3. The van der Waals surface area contributed by atoms with Crippen LogP contribution in [0.1, 0.15) is 12.5 Å². The van der Waals surface area contributed by atoms with Crippen molar-refractivity contribution < 1.29 is 4.74 Å². The molecule has 2 nitrogen and oxygen atoms in total. The average Bonchev–Trinajstić information content (AvgIpc) is 2.20. The van der Waals surface area contributed by atoms with E-state index in [1.54, 1.807) is 18.4 Å². The summed E-state index contributed by atoms with van der Waals surface area (Å²) in [7, 11) is 0. The fraction of sp³-hybridized carbons (Fsp3) is 0.300. The molecular weight excluding hydrogens is 285 g/mol. The summed E-state index contributed by atoms with van der Waals surface area (Å²) >= 11 is 17.7. The number of nitrogens with zero attached hydrogens (tertiary/aromatic N) is 1. The highest BCUT2D eigenvalue weighted by Crippen LogP contribution is 2.35. The van der Waals surface area contributed by atoms with Crippen LogP contribution in [0, 0.1) is 11.5 Å². The van der Waals surface area contributed by atoms with Crippen LogP contribution in [-0.4, -0.2) is 6.00 Å². The molecule has 0 aliphatic carbocycles. The lowest BCUT2D eigenvalue weighted by molar-refractivity contribution is 0.507. The SMILES string of the molecule is CC(Cc1ccc(OC#N)cc1)[Si](Cl)(Cl)Cl. The lowest BCUT2D eigenvalue weighted by atomic mass is 10.1. The maximum absolute atomic E-state index is 8.32. The second-order valence-electron chi connectivity index (χ2n) is 3.48. The van der Waals surface area contributed by atoms with Crippen molar-refractivity contribution in [1.82, 2.24) is 0 Å². The van der Waals surface area contributed by atoms with Crippen LogP contribution in [0.25, 0.3) is 0 Å². The molecule has 1 aromatic rings. The van der Waals surface area contributed by atoms with E-state index >= 15 is 0 Å². The van der Waals surface area contributed by atoms with Gasteiger partial charge in [0, 0.05) is 0 Å². The van der Waals surface area contributed by atoms with E-state index in [1.807, 2.05) is 19.1 Å². The molecule has 0 spiro atoms. The van der Waals surface area contributed by atoms with Gasteiger partial charge in [0.2, 0.25) is 0 Å². The number of halogens is 3. The first kappa shape index (κ1) is 13.7. The van der Waals surface area contributed by atoms with E-state index < -0.39 is 6.00 Å². The quantitative estimate of drug-likeness (QED) is 0.475. The summed E-state index contributed by atoms with van der Waals surface area (Å²) in [5.41, 5.74) is 1.12. The minimum atomic E-state index is -2.64. The number of rotatable bonds is 4. The second-order valence-corrected chi connectivity index (χ2v) is 12.7. The predicted octanol–water partition coefficient (Wildman–Crippen LogP) is 4.13. The Hall–Kier alpha value is -0.403. The van der Waals surface area contributed by atoms with Crippen LogP contribution in [0.15, 0.2) is 24.3 Å². The van der Waals surface area contributed by atoms with Gasteiger partial charge in [-0.05, 0) is 29.7 Å². The van der Waals surface area contributed by atoms with Gasteiger partial charge in [-0.3, -0.25) is 0 Å². The lowest BCUT2D eigenvalue weighted by Gasteiger charge is -2.17. The molecule has 0 aliphatic rings. The Morgan fingerprint density at radius 3 is 2.31 bits per heavy atom. The largest absolute Gasteiger partial charge is 0.388 e. The third-order valence-electron chi connectivity index (χ3n) is 2.19. The molecule has 1 rings (SSSR count). The zero-order chi connectivity index (χ0) is 12.2. The molecule has 16 heavy (non-hydrogen) atoms. The van der Waals surface area contributed by atoms with Crippen molar-refractivity contribution in [2.45, 2.75) is 18.9 Å². The first-order valence-electron chi connectivity index (χ1n) is 4.65. The fourth-order valence-electron chi connectivity index (χ4n) is 1.22. The molecule has 1 atom stereocenters. The normalized spacial score (nSPS) is 12.9. The van der Waals surface area contributed by atoms with Gasteiger partial charge in [0.25, 0.3) is 6.26 Å². The van der Waals surface area contributed by atoms with Gasteiger partial charge in [0.05, 0.1) is 0 Å². The van der Waals surface area contributed by atoms with E-state index in [2.05, 4.69) is 4.74 Å². The Morgan fingerprint density at radius 2 is 1.88 bits per heavy atom. The Bertz CT molecular complexity index is 383. The summed E-state index contributed by atoms with van der Waals surface area (Å²) in [5, 5.41) is 8.32. The maximum Gasteiger partial charge on any atom is 0.344 e. The minimum absolute atomic E-state index is 0.0558. The van der Waals surface area contributed by atoms with Gasteiger partial charge >= 0.3 is 6.00 Å². The molecule has 0 saturated heterocycles. The molecule has 0 fully saturated rings. The van der Waals surface area contributed by atoms with Crippen LogP contribution >= 0.6 is 33.2 Å². The van der Waals surface area contributed by atoms with Crippen LogP contribution in [0.4, 0.5) is 0 Å². The smallest absolute Gasteiger partial charge is 0.344 e. The van der Waals surface area contributed by atoms with Crippen LogP contribution in [0.5, 0.6) is 5.75 Å². The first-order chi connectivity index (χ1) is 7.43. The zero-order valence-electron chi connectivity index (χ0n) is 8.58. The van der Waals surface area contributed by atoms with Gasteiger partial charge in [0.1, 0.15) is 5.75 Å². The first-order valence-corrected chi connectivity index (χ1v) is 9.76. The summed E-state index contributed by atoms with van der Waals surface area (Å²) in [5.74, 6) is 0.519. The van der Waals surface area contributed by atoms with Gasteiger partial charge < -0.3 is 4.74 Å². The molecule has 0 aromatic heterocycles. The monoisotopic (exact) mass is 293 g/mol. The Morgan fingerprint density at radius 1 is 1.31 bits per heavy atom. The van der Waals surface area contributed by atoms with E-state index in [0.29, 0.717) is 5.75 Å². The van der Waals surface area contributed by atoms with Crippen molar-refractivity contribution in [3.05, 3.63) is 29.8 Å². The minimum Gasteiger partial charge on any atom is -0.388 e. The van der Waals surface area contributed by atoms with Crippen LogP contribution in [-0.2, 0) is 6.42 Å². The number of hydrogen-bond acceptors (Lipinski definition) is 2. The average molecular weight is 295 g/mol. The Balaban J connectivity index is 2.66. The number of benzene rings is 1. The van der Waals surface area contributed by atoms with Gasteiger partial charge in [-0.15, -0.1) is 38.5 Å². The molecule has 1 unspecified atom stereocenters. The van der Waals surface area contributed by atoms with Crippen LogP contribution in [0.3, 0.4) is 0 Å². The number of nitriles is 1. The molecule has 0 heterocycles. The summed E-state index contributed by atoms with van der Waals surface area (Å²) < 4.78 is 4.67. The predicted molar refractivity (Wildman–Crippen MR) is 69.1 cm³/mol. The molecule has 1 aromatic carbocycles. The molecule has 0 N–H and O–H groups in total. The number of ether oxygens (including phenoxy) is 1. The molecule has 0 radical (unpaired) electrons. The maximum atomic E-state index is 8.32. The van der Waals surface area contributed by atoms with Crippen molar-refractivity contribution in [1.29, 1.82) is 5.26 Å². The highest BCUT2D eigenvalue weighted by molar-refractivity contribution is 7.65. The van der Waals surface area contributed by atoms with E-state index in [9.17, 15) is 0 Å². The molecule has 86 valence electrons. The zero-order valence-corrected chi connectivity index (χ0v) is 11.9. The van der Waals surface area contributed by atoms with E-state index in [0.717, 1.165) is 12.0 Å². The molecule has 0 saturated carbocycles. The van der Waals surface area contributed by atoms with Crippen molar-refractivity contribution in [2.75, 3.05) is 0 Å². The van der Waals surface area contributed by atoms with E-state index in [-0.39, 0.29) is 5.54 Å². The summed E-state index contributed by atoms with van der Waals surface area (Å²) in [6.07, 6.45) is 2.33. The van der Waals surface area contributed by atoms with Crippen LogP contribution < -0.4 is 4.74 Å². The molecule has 6 heteroatoms. The van der Waals surface area contributed by atoms with Gasteiger partial charge in [-0.2, -0.15) is 0 Å². The van der Waals surface area contributed by atoms with Crippen molar-refractivity contribution in [2.24, 2.45) is 0 Å². The summed E-state index contributed by atoms with van der Waals surface area (Å²) in [4.78, 5) is 0. The summed E-state index contributed by atoms with van der Waals surface area (Å²) in [6.45, 7) is 1.93. The molecular formula is C10H10Cl3NOSi. The topological polar surface area (TPSA) is 33.0 Å². The highest BCUT2D eigenvalue weighted by Gasteiger charge is 2.33. The summed E-state index contributed by atoms with van der Waals surface area (Å²) in [6, 6.07) is 4.55. The third kappa shape index (κ3) is 4.23. The van der Waals surface area contributed by atoms with Crippen molar-refractivity contribution in [3.63, 3.8) is 0 Å². The van der Waals surface area contributed by atoms with Crippen molar-refractivity contribution >= 4 is 39.2 Å². The Kier molecular flexibility index (Phi) is 4.94. The molecule has 0 aliphatic heterocycles. The molecule has 0 amide bonds. The lowest BCUT2D eigenvalue weighted by Crippen LogP contribution is -2.18. The van der Waals surface area contributed by atoms with Gasteiger partial charge in [0.15, 0.2) is 0 Å². The van der Waals surface area contributed by atoms with Crippen LogP contribution in [0.2, 0.25) is 5.54 Å². The van der Waals surface area contributed by atoms with Crippen molar-refractivity contribution in [3.8, 4) is 12.0 Å². The molecule has 0 bridgehead atoms.